The molecule has 1 aromatic carbocycles. The topological polar surface area (TPSA) is 29.3 Å². The molecule has 1 aromatic rings. The van der Waals surface area contributed by atoms with Gasteiger partial charge in [-0.3, -0.25) is 4.90 Å². The van der Waals surface area contributed by atoms with Gasteiger partial charge in [0.25, 0.3) is 0 Å². The lowest BCUT2D eigenvalue weighted by Gasteiger charge is -2.31. The van der Waals surface area contributed by atoms with E-state index in [-0.39, 0.29) is 0 Å². The van der Waals surface area contributed by atoms with E-state index < -0.39 is 0 Å². The molecule has 1 aliphatic heterocycles. The number of halogens is 1. The number of nitrogen functional groups attached to an aromatic ring is 1. The number of hydrogen-bond acceptors (Lipinski definition) is 3. The summed E-state index contributed by atoms with van der Waals surface area (Å²) in [7, 11) is 0. The summed E-state index contributed by atoms with van der Waals surface area (Å²) in [4.78, 5) is 2.54. The first-order chi connectivity index (χ1) is 8.19. The molecule has 1 atom stereocenters. The highest BCUT2D eigenvalue weighted by atomic mass is 79.9. The van der Waals surface area contributed by atoms with E-state index in [9.17, 15) is 0 Å². The lowest BCUT2D eigenvalue weighted by molar-refractivity contribution is 0.273. The van der Waals surface area contributed by atoms with Crippen LogP contribution in [0.15, 0.2) is 22.7 Å². The predicted molar refractivity (Wildman–Crippen MR) is 80.4 cm³/mol. The van der Waals surface area contributed by atoms with Crippen molar-refractivity contribution >= 4 is 33.4 Å². The first-order valence-corrected chi connectivity index (χ1v) is 7.91. The summed E-state index contributed by atoms with van der Waals surface area (Å²) in [6.45, 7) is 5.73. The Kier molecular flexibility index (Phi) is 4.77. The molecule has 0 spiro atoms. The zero-order valence-corrected chi connectivity index (χ0v) is 12.6. The number of rotatable bonds is 3. The van der Waals surface area contributed by atoms with Crippen molar-refractivity contribution in [2.45, 2.75) is 25.1 Å². The molecule has 94 valence electrons. The number of benzene rings is 1. The molecule has 2 N–H and O–H groups in total. The Morgan fingerprint density at radius 1 is 1.53 bits per heavy atom. The minimum atomic E-state index is 0.806. The first-order valence-electron chi connectivity index (χ1n) is 6.07. The average Bonchev–Trinajstić information content (AvgIpc) is 2.34. The Bertz CT molecular complexity index is 384. The summed E-state index contributed by atoms with van der Waals surface area (Å²) >= 11 is 5.60. The van der Waals surface area contributed by atoms with E-state index in [0.717, 1.165) is 22.0 Å². The zero-order chi connectivity index (χ0) is 12.3. The summed E-state index contributed by atoms with van der Waals surface area (Å²) in [5, 5.41) is 0.806. The molecule has 1 saturated heterocycles. The van der Waals surface area contributed by atoms with Crippen LogP contribution in [0.3, 0.4) is 0 Å². The molecule has 4 heteroatoms. The van der Waals surface area contributed by atoms with Crippen LogP contribution in [0.2, 0.25) is 0 Å². The second kappa shape index (κ2) is 6.12. The molecular formula is C13H19BrN2S. The Balaban J connectivity index is 1.97. The molecule has 17 heavy (non-hydrogen) atoms. The molecule has 1 fully saturated rings. The van der Waals surface area contributed by atoms with Gasteiger partial charge in [-0.15, -0.1) is 0 Å². The van der Waals surface area contributed by atoms with Crippen LogP contribution in [-0.2, 0) is 6.54 Å². The normalized spacial score (nSPS) is 21.6. The van der Waals surface area contributed by atoms with Crippen molar-refractivity contribution in [3.8, 4) is 0 Å². The molecule has 0 aromatic heterocycles. The van der Waals surface area contributed by atoms with Gasteiger partial charge in [-0.1, -0.05) is 13.0 Å². The summed E-state index contributed by atoms with van der Waals surface area (Å²) in [6, 6.07) is 6.25. The maximum atomic E-state index is 5.80. The van der Waals surface area contributed by atoms with Crippen LogP contribution >= 0.6 is 27.7 Å². The van der Waals surface area contributed by atoms with E-state index in [2.05, 4.69) is 51.6 Å². The number of hydrogen-bond donors (Lipinski definition) is 1. The highest BCUT2D eigenvalue weighted by Gasteiger charge is 2.18. The fourth-order valence-electron chi connectivity index (χ4n) is 2.10. The van der Waals surface area contributed by atoms with Crippen molar-refractivity contribution in [2.24, 2.45) is 0 Å². The second-order valence-electron chi connectivity index (χ2n) is 4.49. The van der Waals surface area contributed by atoms with Gasteiger partial charge in [-0.05, 0) is 40.0 Å². The molecule has 0 saturated carbocycles. The van der Waals surface area contributed by atoms with Gasteiger partial charge >= 0.3 is 0 Å². The maximum absolute atomic E-state index is 5.80. The zero-order valence-electron chi connectivity index (χ0n) is 10.2. The van der Waals surface area contributed by atoms with Gasteiger partial charge in [-0.2, -0.15) is 11.8 Å². The number of anilines is 1. The predicted octanol–water partition coefficient (Wildman–Crippen LogP) is 3.36. The van der Waals surface area contributed by atoms with Crippen LogP contribution in [0.5, 0.6) is 0 Å². The van der Waals surface area contributed by atoms with Crippen molar-refractivity contribution in [3.05, 3.63) is 28.2 Å². The van der Waals surface area contributed by atoms with Gasteiger partial charge in [0, 0.05) is 40.8 Å². The second-order valence-corrected chi connectivity index (χ2v) is 6.75. The van der Waals surface area contributed by atoms with Crippen LogP contribution in [0.1, 0.15) is 18.9 Å². The van der Waals surface area contributed by atoms with E-state index >= 15 is 0 Å². The van der Waals surface area contributed by atoms with E-state index in [1.54, 1.807) is 0 Å². The van der Waals surface area contributed by atoms with E-state index in [0.29, 0.717) is 0 Å². The molecule has 0 radical (unpaired) electrons. The average molecular weight is 315 g/mol. The Morgan fingerprint density at radius 2 is 2.35 bits per heavy atom. The fourth-order valence-corrected chi connectivity index (χ4v) is 3.77. The summed E-state index contributed by atoms with van der Waals surface area (Å²) < 4.78 is 1.01. The molecule has 2 rings (SSSR count). The van der Waals surface area contributed by atoms with Crippen LogP contribution < -0.4 is 5.73 Å². The third-order valence-electron chi connectivity index (χ3n) is 3.15. The minimum Gasteiger partial charge on any atom is -0.398 e. The van der Waals surface area contributed by atoms with E-state index in [1.807, 2.05) is 6.07 Å². The van der Waals surface area contributed by atoms with Crippen molar-refractivity contribution in [1.29, 1.82) is 0 Å². The summed E-state index contributed by atoms with van der Waals surface area (Å²) in [5.41, 5.74) is 7.96. The minimum absolute atomic E-state index is 0.806. The lowest BCUT2D eigenvalue weighted by atomic mass is 10.2. The molecular weight excluding hydrogens is 296 g/mol. The standard InChI is InChI=1S/C13H19BrN2S/c1-2-11-9-16(5-6-17-11)8-10-3-4-13(15)12(14)7-10/h3-4,7,11H,2,5-6,8-9,15H2,1H3. The summed E-state index contributed by atoms with van der Waals surface area (Å²) in [6.07, 6.45) is 1.27. The molecule has 1 unspecified atom stereocenters. The molecule has 0 amide bonds. The summed E-state index contributed by atoms with van der Waals surface area (Å²) in [5.74, 6) is 1.26. The van der Waals surface area contributed by atoms with Crippen molar-refractivity contribution in [2.75, 3.05) is 24.6 Å². The van der Waals surface area contributed by atoms with Crippen molar-refractivity contribution in [1.82, 2.24) is 4.90 Å². The van der Waals surface area contributed by atoms with Gasteiger partial charge in [0.15, 0.2) is 0 Å². The monoisotopic (exact) mass is 314 g/mol. The molecule has 0 bridgehead atoms. The lowest BCUT2D eigenvalue weighted by Crippen LogP contribution is -2.37. The van der Waals surface area contributed by atoms with Gasteiger partial charge in [0.2, 0.25) is 0 Å². The first kappa shape index (κ1) is 13.2. The molecule has 2 nitrogen and oxygen atoms in total. The fraction of sp³-hybridized carbons (Fsp3) is 0.538. The van der Waals surface area contributed by atoms with Crippen LogP contribution in [-0.4, -0.2) is 29.0 Å². The van der Waals surface area contributed by atoms with Gasteiger partial charge < -0.3 is 5.73 Å². The van der Waals surface area contributed by atoms with Crippen LogP contribution in [0.25, 0.3) is 0 Å². The quantitative estimate of drug-likeness (QED) is 0.867. The Hall–Kier alpha value is -0.190. The highest BCUT2D eigenvalue weighted by molar-refractivity contribution is 9.10. The number of nitrogens with zero attached hydrogens (tertiary/aromatic N) is 1. The Morgan fingerprint density at radius 3 is 3.06 bits per heavy atom. The molecule has 1 heterocycles. The number of thioether (sulfide) groups is 1. The molecule has 1 aliphatic rings. The van der Waals surface area contributed by atoms with Gasteiger partial charge in [-0.25, -0.2) is 0 Å². The molecule has 0 aliphatic carbocycles. The third-order valence-corrected chi connectivity index (χ3v) is 5.21. The SMILES string of the molecule is CCC1CN(Cc2ccc(N)c(Br)c2)CCS1. The number of nitrogens with two attached hydrogens (primary N) is 1. The van der Waals surface area contributed by atoms with Crippen molar-refractivity contribution in [3.63, 3.8) is 0 Å². The smallest absolute Gasteiger partial charge is 0.0458 e. The van der Waals surface area contributed by atoms with Gasteiger partial charge in [0.05, 0.1) is 0 Å². The van der Waals surface area contributed by atoms with Crippen molar-refractivity contribution < 1.29 is 0 Å². The Labute approximate surface area is 116 Å². The highest BCUT2D eigenvalue weighted by Crippen LogP contribution is 2.24. The third kappa shape index (κ3) is 3.63. The van der Waals surface area contributed by atoms with Crippen LogP contribution in [0, 0.1) is 0 Å². The van der Waals surface area contributed by atoms with Gasteiger partial charge in [0.1, 0.15) is 0 Å². The largest absolute Gasteiger partial charge is 0.398 e. The van der Waals surface area contributed by atoms with Crippen LogP contribution in [0.4, 0.5) is 5.69 Å². The maximum Gasteiger partial charge on any atom is 0.0458 e. The van der Waals surface area contributed by atoms with E-state index in [4.69, 9.17) is 5.73 Å². The van der Waals surface area contributed by atoms with E-state index in [1.165, 1.54) is 30.8 Å².